The van der Waals surface area contributed by atoms with Crippen LogP contribution in [0, 0.1) is 11.8 Å². The quantitative estimate of drug-likeness (QED) is 0.346. The Morgan fingerprint density at radius 2 is 2.29 bits per heavy atom. The fraction of sp³-hybridized carbons (Fsp3) is 0.364. The maximum absolute atomic E-state index is 11.5. The van der Waals surface area contributed by atoms with E-state index in [1.807, 2.05) is 6.26 Å². The predicted octanol–water partition coefficient (Wildman–Crippen LogP) is 0.983. The molecule has 1 rings (SSSR count). The molecule has 0 aliphatic heterocycles. The van der Waals surface area contributed by atoms with Gasteiger partial charge in [0.2, 0.25) is 0 Å². The molecule has 6 heteroatoms. The van der Waals surface area contributed by atoms with E-state index in [4.69, 9.17) is 4.74 Å². The number of aromatic nitrogens is 2. The lowest BCUT2D eigenvalue weighted by Crippen LogP contribution is -2.09. The molecule has 0 aliphatic rings. The molecule has 0 bridgehead atoms. The molecule has 0 spiro atoms. The number of carbonyl (C=O) groups is 1. The van der Waals surface area contributed by atoms with Crippen molar-refractivity contribution in [1.29, 1.82) is 0 Å². The minimum atomic E-state index is -0.524. The van der Waals surface area contributed by atoms with Gasteiger partial charge in [-0.25, -0.2) is 14.8 Å². The smallest absolute Gasteiger partial charge is 0.358 e. The van der Waals surface area contributed by atoms with Crippen LogP contribution in [-0.4, -0.2) is 43.0 Å². The lowest BCUT2D eigenvalue weighted by atomic mass is 10.2. The van der Waals surface area contributed by atoms with Gasteiger partial charge in [-0.15, -0.1) is 0 Å². The fourth-order valence-corrected chi connectivity index (χ4v) is 1.35. The van der Waals surface area contributed by atoms with E-state index in [1.54, 1.807) is 7.11 Å². The molecule has 17 heavy (non-hydrogen) atoms. The maximum atomic E-state index is 11.5. The number of hydrogen-bond donors (Lipinski definition) is 0. The molecular weight excluding hydrogens is 240 g/mol. The summed E-state index contributed by atoms with van der Waals surface area (Å²) in [5, 5.41) is 0.502. The molecule has 1 heterocycles. The summed E-state index contributed by atoms with van der Waals surface area (Å²) in [6, 6.07) is 0. The largest absolute Gasteiger partial charge is 0.464 e. The van der Waals surface area contributed by atoms with E-state index in [0.717, 1.165) is 0 Å². The van der Waals surface area contributed by atoms with Crippen LogP contribution >= 0.6 is 11.8 Å². The third kappa shape index (κ3) is 3.73. The summed E-state index contributed by atoms with van der Waals surface area (Å²) in [5.74, 6) is 4.99. The topological polar surface area (TPSA) is 61.3 Å². The van der Waals surface area contributed by atoms with E-state index >= 15 is 0 Å². The molecule has 0 fully saturated rings. The van der Waals surface area contributed by atoms with Gasteiger partial charge in [-0.3, -0.25) is 0 Å². The average Bonchev–Trinajstić information content (AvgIpc) is 2.38. The van der Waals surface area contributed by atoms with Gasteiger partial charge in [0.05, 0.1) is 12.7 Å². The van der Waals surface area contributed by atoms with E-state index in [-0.39, 0.29) is 12.3 Å². The van der Waals surface area contributed by atoms with Crippen molar-refractivity contribution in [3.05, 3.63) is 17.5 Å². The SMILES string of the molecule is COCC#Cc1cnc(SC)nc1C(=O)OC. The first kappa shape index (κ1) is 13.5. The van der Waals surface area contributed by atoms with E-state index < -0.39 is 5.97 Å². The number of carbonyl (C=O) groups excluding carboxylic acids is 1. The number of methoxy groups -OCH3 is 2. The first-order valence-electron chi connectivity index (χ1n) is 4.70. The van der Waals surface area contributed by atoms with Gasteiger partial charge in [-0.1, -0.05) is 23.6 Å². The Bertz CT molecular complexity index is 466. The molecule has 0 aromatic carbocycles. The lowest BCUT2D eigenvalue weighted by molar-refractivity contribution is 0.0592. The molecule has 0 amide bonds. The maximum Gasteiger partial charge on any atom is 0.358 e. The second-order valence-electron chi connectivity index (χ2n) is 2.85. The van der Waals surface area contributed by atoms with Crippen LogP contribution in [0.25, 0.3) is 0 Å². The molecule has 1 aromatic rings. The highest BCUT2D eigenvalue weighted by Gasteiger charge is 2.14. The Morgan fingerprint density at radius 1 is 1.53 bits per heavy atom. The number of esters is 1. The Labute approximate surface area is 104 Å². The van der Waals surface area contributed by atoms with Crippen LogP contribution in [0.4, 0.5) is 0 Å². The van der Waals surface area contributed by atoms with E-state index in [9.17, 15) is 4.79 Å². The van der Waals surface area contributed by atoms with Gasteiger partial charge in [0, 0.05) is 13.3 Å². The molecule has 0 saturated carbocycles. The van der Waals surface area contributed by atoms with Crippen LogP contribution in [0.5, 0.6) is 0 Å². The van der Waals surface area contributed by atoms with Gasteiger partial charge in [0.25, 0.3) is 0 Å². The number of hydrogen-bond acceptors (Lipinski definition) is 6. The molecule has 0 N–H and O–H groups in total. The van der Waals surface area contributed by atoms with E-state index in [2.05, 4.69) is 26.5 Å². The standard InChI is InChI=1S/C11H12N2O3S/c1-15-6-4-5-8-7-12-11(17-3)13-9(8)10(14)16-2/h7H,6H2,1-3H3. The van der Waals surface area contributed by atoms with Crippen LogP contribution in [0.15, 0.2) is 11.4 Å². The summed E-state index contributed by atoms with van der Waals surface area (Å²) >= 11 is 1.35. The normalized spacial score (nSPS) is 9.35. The number of nitrogens with zero attached hydrogens (tertiary/aromatic N) is 2. The van der Waals surface area contributed by atoms with Crippen molar-refractivity contribution in [1.82, 2.24) is 9.97 Å². The first-order valence-corrected chi connectivity index (χ1v) is 5.92. The zero-order chi connectivity index (χ0) is 12.7. The van der Waals surface area contributed by atoms with Crippen molar-refractivity contribution < 1.29 is 14.3 Å². The molecule has 0 saturated heterocycles. The third-order valence-electron chi connectivity index (χ3n) is 1.77. The van der Waals surface area contributed by atoms with Crippen LogP contribution in [0.1, 0.15) is 16.1 Å². The van der Waals surface area contributed by atoms with Crippen LogP contribution < -0.4 is 0 Å². The number of ether oxygens (including phenoxy) is 2. The molecule has 5 nitrogen and oxygen atoms in total. The Hall–Kier alpha value is -1.58. The van der Waals surface area contributed by atoms with E-state index in [0.29, 0.717) is 10.7 Å². The number of thioether (sulfide) groups is 1. The lowest BCUT2D eigenvalue weighted by Gasteiger charge is -2.02. The van der Waals surface area contributed by atoms with Gasteiger partial charge < -0.3 is 9.47 Å². The Kier molecular flexibility index (Phi) is 5.46. The van der Waals surface area contributed by atoms with Gasteiger partial charge in [-0.05, 0) is 6.26 Å². The summed E-state index contributed by atoms with van der Waals surface area (Å²) in [7, 11) is 2.85. The van der Waals surface area contributed by atoms with Crippen molar-refractivity contribution in [2.75, 3.05) is 27.1 Å². The van der Waals surface area contributed by atoms with E-state index in [1.165, 1.54) is 25.1 Å². The summed E-state index contributed by atoms with van der Waals surface area (Å²) in [6.07, 6.45) is 3.33. The zero-order valence-corrected chi connectivity index (χ0v) is 10.6. The highest BCUT2D eigenvalue weighted by molar-refractivity contribution is 7.98. The molecule has 0 atom stereocenters. The first-order chi connectivity index (χ1) is 8.22. The Morgan fingerprint density at radius 3 is 2.88 bits per heavy atom. The third-order valence-corrected chi connectivity index (χ3v) is 2.33. The second kappa shape index (κ2) is 6.89. The van der Waals surface area contributed by atoms with Gasteiger partial charge >= 0.3 is 5.97 Å². The van der Waals surface area contributed by atoms with Gasteiger partial charge in [0.15, 0.2) is 10.9 Å². The number of rotatable bonds is 3. The van der Waals surface area contributed by atoms with Crippen molar-refractivity contribution in [2.24, 2.45) is 0 Å². The second-order valence-corrected chi connectivity index (χ2v) is 3.62. The summed E-state index contributed by atoms with van der Waals surface area (Å²) in [4.78, 5) is 19.6. The summed E-state index contributed by atoms with van der Waals surface area (Å²) in [5.41, 5.74) is 0.613. The minimum Gasteiger partial charge on any atom is -0.464 e. The highest BCUT2D eigenvalue weighted by Crippen LogP contribution is 2.12. The van der Waals surface area contributed by atoms with Crippen molar-refractivity contribution in [3.63, 3.8) is 0 Å². The van der Waals surface area contributed by atoms with Crippen molar-refractivity contribution in [3.8, 4) is 11.8 Å². The Balaban J connectivity index is 3.12. The fourth-order valence-electron chi connectivity index (χ4n) is 1.01. The van der Waals surface area contributed by atoms with Crippen LogP contribution in [-0.2, 0) is 9.47 Å². The monoisotopic (exact) mass is 252 g/mol. The predicted molar refractivity (Wildman–Crippen MR) is 63.9 cm³/mol. The summed E-state index contributed by atoms with van der Waals surface area (Å²) < 4.78 is 9.45. The summed E-state index contributed by atoms with van der Waals surface area (Å²) in [6.45, 7) is 0.283. The molecule has 0 aliphatic carbocycles. The molecule has 0 unspecified atom stereocenters. The van der Waals surface area contributed by atoms with Crippen molar-refractivity contribution in [2.45, 2.75) is 5.16 Å². The van der Waals surface area contributed by atoms with Crippen LogP contribution in [0.3, 0.4) is 0 Å². The molecule has 90 valence electrons. The zero-order valence-electron chi connectivity index (χ0n) is 9.81. The molecular formula is C11H12N2O3S. The van der Waals surface area contributed by atoms with Gasteiger partial charge in [0.1, 0.15) is 6.61 Å². The molecule has 1 aromatic heterocycles. The average molecular weight is 252 g/mol. The highest BCUT2D eigenvalue weighted by atomic mass is 32.2. The van der Waals surface area contributed by atoms with Crippen LogP contribution in [0.2, 0.25) is 0 Å². The van der Waals surface area contributed by atoms with Crippen molar-refractivity contribution >= 4 is 17.7 Å². The van der Waals surface area contributed by atoms with Gasteiger partial charge in [-0.2, -0.15) is 0 Å². The molecule has 0 radical (unpaired) electrons. The minimum absolute atomic E-state index is 0.176.